The second-order valence-electron chi connectivity index (χ2n) is 8.13. The van der Waals surface area contributed by atoms with E-state index in [2.05, 4.69) is 10.5 Å². The third kappa shape index (κ3) is 5.00. The van der Waals surface area contributed by atoms with Crippen LogP contribution >= 0.6 is 0 Å². The summed E-state index contributed by atoms with van der Waals surface area (Å²) >= 11 is 0. The van der Waals surface area contributed by atoms with Gasteiger partial charge in [0.25, 0.3) is 0 Å². The number of methoxy groups -OCH3 is 1. The number of amides is 3. The van der Waals surface area contributed by atoms with Crippen molar-refractivity contribution in [3.8, 4) is 0 Å². The molecule has 0 unspecified atom stereocenters. The molecule has 1 saturated carbocycles. The van der Waals surface area contributed by atoms with Gasteiger partial charge in [0.2, 0.25) is 17.7 Å². The average molecular weight is 421 g/mol. The number of ether oxygens (including phenoxy) is 1. The first-order chi connectivity index (χ1) is 14.4. The molecule has 0 aromatic carbocycles. The Balaban J connectivity index is 1.78. The highest BCUT2D eigenvalue weighted by Crippen LogP contribution is 2.29. The lowest BCUT2D eigenvalue weighted by molar-refractivity contribution is -0.144. The molecule has 0 bridgehead atoms. The highest BCUT2D eigenvalue weighted by molar-refractivity contribution is 5.83. The van der Waals surface area contributed by atoms with Crippen molar-refractivity contribution in [1.29, 1.82) is 0 Å². The van der Waals surface area contributed by atoms with E-state index in [1.807, 2.05) is 6.92 Å². The van der Waals surface area contributed by atoms with Crippen molar-refractivity contribution in [1.82, 2.24) is 20.3 Å². The van der Waals surface area contributed by atoms with Gasteiger partial charge in [0, 0.05) is 44.9 Å². The number of hydrogen-bond donors (Lipinski definition) is 1. The van der Waals surface area contributed by atoms with Crippen LogP contribution in [0.1, 0.15) is 42.7 Å². The minimum atomic E-state index is -0.205. The van der Waals surface area contributed by atoms with Gasteiger partial charge in [-0.2, -0.15) is 0 Å². The zero-order valence-electron chi connectivity index (χ0n) is 18.1. The number of nitrogens with one attached hydrogen (secondary N) is 1. The number of nitrogens with zero attached hydrogens (tertiary/aromatic N) is 3. The van der Waals surface area contributed by atoms with Gasteiger partial charge in [0.1, 0.15) is 12.4 Å². The van der Waals surface area contributed by atoms with Gasteiger partial charge in [-0.25, -0.2) is 0 Å². The predicted octanol–water partition coefficient (Wildman–Crippen LogP) is 0.826. The maximum absolute atomic E-state index is 13.0. The summed E-state index contributed by atoms with van der Waals surface area (Å²) in [7, 11) is 1.49. The fourth-order valence-corrected chi connectivity index (χ4v) is 4.52. The Morgan fingerprint density at radius 1 is 1.17 bits per heavy atom. The molecule has 1 aliphatic heterocycles. The summed E-state index contributed by atoms with van der Waals surface area (Å²) < 4.78 is 10.2. The zero-order chi connectivity index (χ0) is 21.7. The molecule has 0 radical (unpaired) electrons. The van der Waals surface area contributed by atoms with Gasteiger partial charge in [-0.05, 0) is 26.7 Å². The summed E-state index contributed by atoms with van der Waals surface area (Å²) in [5.41, 5.74) is 1.50. The van der Waals surface area contributed by atoms with E-state index in [4.69, 9.17) is 9.26 Å². The van der Waals surface area contributed by atoms with Gasteiger partial charge in [0.05, 0.1) is 18.0 Å². The lowest BCUT2D eigenvalue weighted by Gasteiger charge is -2.41. The SMILES string of the molecule is COCC(=O)N1CCN(C(=O)Cc2c(C)noc2C)CCNC(=O)[C@H]2CCCC[C@H]21. The van der Waals surface area contributed by atoms with Crippen LogP contribution in [0.15, 0.2) is 4.52 Å². The number of aromatic nitrogens is 1. The molecular formula is C21H32N4O5. The van der Waals surface area contributed by atoms with Crippen LogP contribution in [0.3, 0.4) is 0 Å². The van der Waals surface area contributed by atoms with Crippen molar-refractivity contribution in [3.05, 3.63) is 17.0 Å². The molecule has 2 aliphatic rings. The fraction of sp³-hybridized carbons (Fsp3) is 0.714. The molecular weight excluding hydrogens is 388 g/mol. The van der Waals surface area contributed by atoms with E-state index in [9.17, 15) is 14.4 Å². The largest absolute Gasteiger partial charge is 0.375 e. The van der Waals surface area contributed by atoms with Crippen LogP contribution in [0, 0.1) is 19.8 Å². The van der Waals surface area contributed by atoms with Gasteiger partial charge < -0.3 is 24.4 Å². The topological polar surface area (TPSA) is 105 Å². The van der Waals surface area contributed by atoms with Gasteiger partial charge in [0.15, 0.2) is 0 Å². The molecule has 1 aromatic heterocycles. The van der Waals surface area contributed by atoms with E-state index >= 15 is 0 Å². The summed E-state index contributed by atoms with van der Waals surface area (Å²) in [6, 6.07) is -0.154. The van der Waals surface area contributed by atoms with Crippen LogP contribution in [-0.2, 0) is 25.5 Å². The van der Waals surface area contributed by atoms with Crippen LogP contribution in [0.2, 0.25) is 0 Å². The number of fused-ring (bicyclic) bond motifs is 1. The second kappa shape index (κ2) is 10.1. The Kier molecular flexibility index (Phi) is 7.47. The lowest BCUT2D eigenvalue weighted by Crippen LogP contribution is -2.56. The quantitative estimate of drug-likeness (QED) is 0.774. The first-order valence-electron chi connectivity index (χ1n) is 10.7. The Morgan fingerprint density at radius 2 is 1.93 bits per heavy atom. The van der Waals surface area contributed by atoms with Gasteiger partial charge in [-0.15, -0.1) is 0 Å². The molecule has 2 fully saturated rings. The van der Waals surface area contributed by atoms with Gasteiger partial charge in [-0.1, -0.05) is 18.0 Å². The standard InChI is InChI=1S/C21H32N4O5/c1-14-17(15(2)30-23-14)12-19(26)24-9-8-22-21(28)16-6-4-5-7-18(16)25(11-10-24)20(27)13-29-3/h16,18H,4-13H2,1-3H3,(H,22,28)/t16-,18+/m0/s1. The molecule has 2 heterocycles. The first-order valence-corrected chi connectivity index (χ1v) is 10.7. The van der Waals surface area contributed by atoms with E-state index in [-0.39, 0.29) is 42.7 Å². The van der Waals surface area contributed by atoms with Crippen LogP contribution in [0.4, 0.5) is 0 Å². The van der Waals surface area contributed by atoms with E-state index in [0.717, 1.165) is 31.2 Å². The van der Waals surface area contributed by atoms with Gasteiger partial charge in [-0.3, -0.25) is 14.4 Å². The maximum Gasteiger partial charge on any atom is 0.248 e. The van der Waals surface area contributed by atoms with Gasteiger partial charge >= 0.3 is 0 Å². The maximum atomic E-state index is 13.0. The molecule has 30 heavy (non-hydrogen) atoms. The Labute approximate surface area is 177 Å². The minimum Gasteiger partial charge on any atom is -0.375 e. The molecule has 1 saturated heterocycles. The molecule has 3 amide bonds. The summed E-state index contributed by atoms with van der Waals surface area (Å²) in [6.45, 7) is 5.19. The zero-order valence-corrected chi connectivity index (χ0v) is 18.1. The van der Waals surface area contributed by atoms with Crippen molar-refractivity contribution >= 4 is 17.7 Å². The summed E-state index contributed by atoms with van der Waals surface area (Å²) in [4.78, 5) is 42.1. The smallest absolute Gasteiger partial charge is 0.248 e. The molecule has 1 aliphatic carbocycles. The summed E-state index contributed by atoms with van der Waals surface area (Å²) in [6.07, 6.45) is 3.73. The molecule has 9 nitrogen and oxygen atoms in total. The molecule has 0 spiro atoms. The van der Waals surface area contributed by atoms with Crippen molar-refractivity contribution in [3.63, 3.8) is 0 Å². The average Bonchev–Trinajstić information content (AvgIpc) is 3.04. The van der Waals surface area contributed by atoms with Crippen molar-refractivity contribution in [2.75, 3.05) is 39.9 Å². The molecule has 166 valence electrons. The van der Waals surface area contributed by atoms with Crippen LogP contribution in [0.5, 0.6) is 0 Å². The number of carbonyl (C=O) groups is 3. The van der Waals surface area contributed by atoms with E-state index < -0.39 is 0 Å². The summed E-state index contributed by atoms with van der Waals surface area (Å²) in [5, 5.41) is 6.89. The number of carbonyl (C=O) groups excluding carboxylic acids is 3. The van der Waals surface area contributed by atoms with Crippen molar-refractivity contribution in [2.45, 2.75) is 52.0 Å². The molecule has 1 N–H and O–H groups in total. The fourth-order valence-electron chi connectivity index (χ4n) is 4.52. The highest BCUT2D eigenvalue weighted by Gasteiger charge is 2.37. The number of aryl methyl sites for hydroxylation is 2. The third-order valence-corrected chi connectivity index (χ3v) is 6.21. The van der Waals surface area contributed by atoms with Crippen LogP contribution in [-0.4, -0.2) is 78.6 Å². The minimum absolute atomic E-state index is 0.0299. The molecule has 9 heteroatoms. The first kappa shape index (κ1) is 22.3. The number of rotatable bonds is 4. The van der Waals surface area contributed by atoms with Crippen LogP contribution in [0.25, 0.3) is 0 Å². The Bertz CT molecular complexity index is 758. The van der Waals surface area contributed by atoms with E-state index in [1.54, 1.807) is 16.7 Å². The normalized spacial score (nSPS) is 23.0. The highest BCUT2D eigenvalue weighted by atomic mass is 16.5. The Morgan fingerprint density at radius 3 is 2.63 bits per heavy atom. The van der Waals surface area contributed by atoms with Crippen molar-refractivity contribution in [2.24, 2.45) is 5.92 Å². The molecule has 1 aromatic rings. The predicted molar refractivity (Wildman–Crippen MR) is 109 cm³/mol. The lowest BCUT2D eigenvalue weighted by atomic mass is 9.82. The number of hydrogen-bond acceptors (Lipinski definition) is 6. The van der Waals surface area contributed by atoms with Crippen molar-refractivity contribution < 1.29 is 23.6 Å². The van der Waals surface area contributed by atoms with Crippen LogP contribution < -0.4 is 5.32 Å². The third-order valence-electron chi connectivity index (χ3n) is 6.21. The van der Waals surface area contributed by atoms with E-state index in [1.165, 1.54) is 7.11 Å². The molecule has 3 rings (SSSR count). The molecule has 2 atom stereocenters. The summed E-state index contributed by atoms with van der Waals surface area (Å²) in [5.74, 6) is 0.190. The monoisotopic (exact) mass is 420 g/mol. The second-order valence-corrected chi connectivity index (χ2v) is 8.13. The Hall–Kier alpha value is -2.42. The van der Waals surface area contributed by atoms with E-state index in [0.29, 0.717) is 37.6 Å².